The van der Waals surface area contributed by atoms with Crippen LogP contribution in [0.2, 0.25) is 0 Å². The molecular formula is C33H30N4O2S. The van der Waals surface area contributed by atoms with E-state index in [1.165, 1.54) is 11.8 Å². The van der Waals surface area contributed by atoms with Gasteiger partial charge < -0.3 is 14.7 Å². The highest BCUT2D eigenvalue weighted by Crippen LogP contribution is 2.42. The van der Waals surface area contributed by atoms with Gasteiger partial charge in [-0.15, -0.1) is 0 Å². The van der Waals surface area contributed by atoms with E-state index in [0.29, 0.717) is 30.1 Å². The van der Waals surface area contributed by atoms with Crippen molar-refractivity contribution in [1.82, 2.24) is 9.88 Å². The Morgan fingerprint density at radius 2 is 1.60 bits per heavy atom. The molecule has 6 nitrogen and oxygen atoms in total. The number of hydrogen-bond donors (Lipinski definition) is 0. The fourth-order valence-electron chi connectivity index (χ4n) is 5.11. The van der Waals surface area contributed by atoms with E-state index in [2.05, 4.69) is 35.0 Å². The number of rotatable bonds is 5. The molecule has 2 amide bonds. The molecule has 0 unspecified atom stereocenters. The van der Waals surface area contributed by atoms with Gasteiger partial charge in [-0.2, -0.15) is 0 Å². The van der Waals surface area contributed by atoms with Crippen LogP contribution in [0.25, 0.3) is 6.08 Å². The van der Waals surface area contributed by atoms with Crippen LogP contribution in [0.15, 0.2) is 107 Å². The first-order valence-corrected chi connectivity index (χ1v) is 14.3. The van der Waals surface area contributed by atoms with E-state index in [9.17, 15) is 9.59 Å². The molecule has 1 fully saturated rings. The third-order valence-corrected chi connectivity index (χ3v) is 8.49. The Labute approximate surface area is 238 Å². The molecule has 4 aromatic rings. The number of pyridine rings is 1. The molecule has 1 saturated heterocycles. The Hall–Kier alpha value is -4.36. The highest BCUT2D eigenvalue weighted by atomic mass is 32.2. The lowest BCUT2D eigenvalue weighted by molar-refractivity contribution is -0.114. The molecule has 3 heterocycles. The van der Waals surface area contributed by atoms with Gasteiger partial charge in [0, 0.05) is 42.8 Å². The van der Waals surface area contributed by atoms with Crippen LogP contribution < -0.4 is 9.80 Å². The van der Waals surface area contributed by atoms with Gasteiger partial charge in [0.2, 0.25) is 0 Å². The highest BCUT2D eigenvalue weighted by Gasteiger charge is 2.29. The molecule has 0 radical (unpaired) electrons. The van der Waals surface area contributed by atoms with E-state index < -0.39 is 0 Å². The molecule has 40 heavy (non-hydrogen) atoms. The lowest BCUT2D eigenvalue weighted by Gasteiger charge is -2.35. The summed E-state index contributed by atoms with van der Waals surface area (Å²) >= 11 is 1.49. The fraction of sp³-hybridized carbons (Fsp3) is 0.182. The van der Waals surface area contributed by atoms with Crippen molar-refractivity contribution in [1.29, 1.82) is 0 Å². The third-order valence-electron chi connectivity index (χ3n) is 7.42. The van der Waals surface area contributed by atoms with Gasteiger partial charge in [0.05, 0.1) is 17.1 Å². The van der Waals surface area contributed by atoms with Crippen molar-refractivity contribution in [3.8, 4) is 0 Å². The van der Waals surface area contributed by atoms with Crippen molar-refractivity contribution in [3.63, 3.8) is 0 Å². The predicted octanol–water partition coefficient (Wildman–Crippen LogP) is 6.03. The average Bonchev–Trinajstić information content (AvgIpc) is 3.01. The van der Waals surface area contributed by atoms with Gasteiger partial charge >= 0.3 is 0 Å². The summed E-state index contributed by atoms with van der Waals surface area (Å²) in [7, 11) is 0. The first-order chi connectivity index (χ1) is 19.6. The lowest BCUT2D eigenvalue weighted by atomic mass is 10.1. The van der Waals surface area contributed by atoms with Gasteiger partial charge in [-0.1, -0.05) is 66.4 Å². The Morgan fingerprint density at radius 3 is 2.35 bits per heavy atom. The van der Waals surface area contributed by atoms with Gasteiger partial charge in [-0.25, -0.2) is 4.98 Å². The molecule has 0 aliphatic carbocycles. The maximum absolute atomic E-state index is 13.7. The molecule has 2 aliphatic heterocycles. The molecule has 6 rings (SSSR count). The maximum atomic E-state index is 13.7. The van der Waals surface area contributed by atoms with Crippen LogP contribution >= 0.6 is 11.8 Å². The number of aromatic nitrogens is 1. The number of benzene rings is 3. The van der Waals surface area contributed by atoms with Crippen molar-refractivity contribution in [2.45, 2.75) is 18.4 Å². The minimum atomic E-state index is -0.0158. The normalized spacial score (nSPS) is 16.3. The van der Waals surface area contributed by atoms with Crippen molar-refractivity contribution >= 4 is 41.2 Å². The van der Waals surface area contributed by atoms with Gasteiger partial charge in [-0.05, 0) is 66.1 Å². The average molecular weight is 547 g/mol. The zero-order valence-corrected chi connectivity index (χ0v) is 23.2. The predicted molar refractivity (Wildman–Crippen MR) is 161 cm³/mol. The number of carbonyl (C=O) groups is 2. The number of para-hydroxylation sites is 1. The molecule has 7 heteroatoms. The number of hydrogen-bond acceptors (Lipinski definition) is 5. The summed E-state index contributed by atoms with van der Waals surface area (Å²) in [6.45, 7) is 5.41. The molecule has 0 spiro atoms. The smallest absolute Gasteiger partial charge is 0.265 e. The minimum Gasteiger partial charge on any atom is -0.353 e. The number of anilines is 2. The summed E-state index contributed by atoms with van der Waals surface area (Å²) < 4.78 is 0. The van der Waals surface area contributed by atoms with E-state index in [4.69, 9.17) is 0 Å². The molecule has 0 atom stereocenters. The zero-order valence-electron chi connectivity index (χ0n) is 22.4. The summed E-state index contributed by atoms with van der Waals surface area (Å²) in [5, 5.41) is 0. The van der Waals surface area contributed by atoms with Crippen LogP contribution in [-0.4, -0.2) is 47.9 Å². The molecule has 0 N–H and O–H groups in total. The van der Waals surface area contributed by atoms with Crippen molar-refractivity contribution in [3.05, 3.63) is 124 Å². The summed E-state index contributed by atoms with van der Waals surface area (Å²) in [5.74, 6) is 0.960. The standard InChI is InChI=1S/C33H30N4O2S/c1-24-8-2-3-9-27(24)23-37-28-10-4-5-11-29(28)40-30(33(37)39)22-25-13-15-26(16-14-25)32(38)36-20-18-35(19-21-36)31-12-6-7-17-34-31/h2-17,22H,18-21,23H2,1H3/b30-22+. The van der Waals surface area contributed by atoms with Crippen LogP contribution in [-0.2, 0) is 11.3 Å². The second-order valence-electron chi connectivity index (χ2n) is 9.99. The second kappa shape index (κ2) is 11.4. The monoisotopic (exact) mass is 546 g/mol. The van der Waals surface area contributed by atoms with Crippen LogP contribution in [0.4, 0.5) is 11.5 Å². The van der Waals surface area contributed by atoms with Crippen LogP contribution in [0.3, 0.4) is 0 Å². The maximum Gasteiger partial charge on any atom is 0.265 e. The van der Waals surface area contributed by atoms with Crippen molar-refractivity contribution < 1.29 is 9.59 Å². The van der Waals surface area contributed by atoms with Gasteiger partial charge in [-0.3, -0.25) is 9.59 Å². The molecule has 0 saturated carbocycles. The van der Waals surface area contributed by atoms with E-state index in [1.807, 2.05) is 88.7 Å². The first kappa shape index (κ1) is 25.9. The fourth-order valence-corrected chi connectivity index (χ4v) is 6.17. The third kappa shape index (κ3) is 5.38. The number of fused-ring (bicyclic) bond motifs is 1. The van der Waals surface area contributed by atoms with Gasteiger partial charge in [0.15, 0.2) is 0 Å². The topological polar surface area (TPSA) is 56.8 Å². The number of piperazine rings is 1. The molecule has 3 aromatic carbocycles. The molecule has 2 aliphatic rings. The van der Waals surface area contributed by atoms with E-state index in [0.717, 1.165) is 46.2 Å². The Bertz CT molecular complexity index is 1560. The number of aryl methyl sites for hydroxylation is 1. The molecule has 200 valence electrons. The quantitative estimate of drug-likeness (QED) is 0.286. The summed E-state index contributed by atoms with van der Waals surface area (Å²) in [5.41, 5.74) is 4.77. The van der Waals surface area contributed by atoms with E-state index >= 15 is 0 Å². The molecular weight excluding hydrogens is 516 g/mol. The number of nitrogens with zero attached hydrogens (tertiary/aromatic N) is 4. The highest BCUT2D eigenvalue weighted by molar-refractivity contribution is 8.04. The Morgan fingerprint density at radius 1 is 0.875 bits per heavy atom. The largest absolute Gasteiger partial charge is 0.353 e. The first-order valence-electron chi connectivity index (χ1n) is 13.5. The number of carbonyl (C=O) groups excluding carboxylic acids is 2. The number of thioether (sulfide) groups is 1. The Balaban J connectivity index is 1.17. The second-order valence-corrected chi connectivity index (χ2v) is 11.1. The van der Waals surface area contributed by atoms with Crippen molar-refractivity contribution in [2.24, 2.45) is 0 Å². The van der Waals surface area contributed by atoms with Crippen LogP contribution in [0.5, 0.6) is 0 Å². The summed E-state index contributed by atoms with van der Waals surface area (Å²) in [6.07, 6.45) is 3.72. The number of amides is 2. The minimum absolute atomic E-state index is 0.0158. The van der Waals surface area contributed by atoms with Crippen LogP contribution in [0.1, 0.15) is 27.0 Å². The summed E-state index contributed by atoms with van der Waals surface area (Å²) in [6, 6.07) is 29.7. The van der Waals surface area contributed by atoms with Crippen LogP contribution in [0, 0.1) is 6.92 Å². The summed E-state index contributed by atoms with van der Waals surface area (Å²) in [4.78, 5) is 39.0. The molecule has 1 aromatic heterocycles. The molecule has 0 bridgehead atoms. The Kier molecular flexibility index (Phi) is 7.38. The SMILES string of the molecule is Cc1ccccc1CN1C(=O)/C(=C\c2ccc(C(=O)N3CCN(c4ccccn4)CC3)cc2)Sc2ccccc21. The van der Waals surface area contributed by atoms with Gasteiger partial charge in [0.1, 0.15) is 5.82 Å². The lowest BCUT2D eigenvalue weighted by Crippen LogP contribution is -2.49. The van der Waals surface area contributed by atoms with Crippen molar-refractivity contribution in [2.75, 3.05) is 36.0 Å². The van der Waals surface area contributed by atoms with Gasteiger partial charge in [0.25, 0.3) is 11.8 Å². The van der Waals surface area contributed by atoms with E-state index in [-0.39, 0.29) is 11.8 Å². The van der Waals surface area contributed by atoms with E-state index in [1.54, 1.807) is 6.20 Å². The zero-order chi connectivity index (χ0) is 27.5.